The van der Waals surface area contributed by atoms with Gasteiger partial charge in [0.2, 0.25) is 10.0 Å². The molecule has 1 atom stereocenters. The van der Waals surface area contributed by atoms with Crippen molar-refractivity contribution in [3.05, 3.63) is 35.9 Å². The minimum absolute atomic E-state index is 0.349. The van der Waals surface area contributed by atoms with Crippen LogP contribution in [0.5, 0.6) is 0 Å². The van der Waals surface area contributed by atoms with Gasteiger partial charge in [-0.25, -0.2) is 12.7 Å². The average molecular weight is 257 g/mol. The fraction of sp³-hybridized carbons (Fsp3) is 0.500. The molecule has 0 aromatic heterocycles. The third kappa shape index (κ3) is 3.80. The highest BCUT2D eigenvalue weighted by molar-refractivity contribution is 7.89. The first-order valence-electron chi connectivity index (χ1n) is 5.58. The summed E-state index contributed by atoms with van der Waals surface area (Å²) >= 11 is 0. The molecule has 0 bridgehead atoms. The molecule has 1 unspecified atom stereocenters. The SMILES string of the molecule is CC(CO)S(=O)(=O)N(C)CCc1ccccc1. The van der Waals surface area contributed by atoms with Gasteiger partial charge in [-0.05, 0) is 18.9 Å². The Hall–Kier alpha value is -0.910. The monoisotopic (exact) mass is 257 g/mol. The number of rotatable bonds is 6. The van der Waals surface area contributed by atoms with Gasteiger partial charge in [0.1, 0.15) is 0 Å². The fourth-order valence-electron chi connectivity index (χ4n) is 1.46. The molecule has 0 aliphatic carbocycles. The summed E-state index contributed by atoms with van der Waals surface area (Å²) in [5.41, 5.74) is 1.10. The van der Waals surface area contributed by atoms with Gasteiger partial charge in [-0.3, -0.25) is 0 Å². The van der Waals surface area contributed by atoms with Crippen molar-refractivity contribution < 1.29 is 13.5 Å². The number of hydrogen-bond donors (Lipinski definition) is 1. The van der Waals surface area contributed by atoms with E-state index in [0.717, 1.165) is 5.56 Å². The molecule has 4 nitrogen and oxygen atoms in total. The molecule has 1 N–H and O–H groups in total. The molecule has 5 heteroatoms. The van der Waals surface area contributed by atoms with Crippen molar-refractivity contribution >= 4 is 10.0 Å². The van der Waals surface area contributed by atoms with E-state index in [1.165, 1.54) is 11.2 Å². The van der Waals surface area contributed by atoms with Gasteiger partial charge in [0, 0.05) is 13.6 Å². The Morgan fingerprint density at radius 3 is 2.41 bits per heavy atom. The maximum Gasteiger partial charge on any atom is 0.218 e. The third-order valence-corrected chi connectivity index (χ3v) is 4.98. The van der Waals surface area contributed by atoms with E-state index in [1.54, 1.807) is 7.05 Å². The first-order chi connectivity index (χ1) is 7.98. The minimum atomic E-state index is -3.38. The van der Waals surface area contributed by atoms with Gasteiger partial charge < -0.3 is 5.11 Å². The molecular weight excluding hydrogens is 238 g/mol. The Bertz CT molecular complexity index is 430. The molecule has 0 radical (unpaired) electrons. The normalized spacial score (nSPS) is 13.9. The van der Waals surface area contributed by atoms with Crippen LogP contribution in [0.25, 0.3) is 0 Å². The summed E-state index contributed by atoms with van der Waals surface area (Å²) < 4.78 is 25.0. The standard InChI is InChI=1S/C12H19NO3S/c1-11(10-14)17(15,16)13(2)9-8-12-6-4-3-5-7-12/h3-7,11,14H,8-10H2,1-2H3. The minimum Gasteiger partial charge on any atom is -0.395 e. The molecule has 0 heterocycles. The number of aliphatic hydroxyl groups excluding tert-OH is 1. The van der Waals surface area contributed by atoms with Crippen LogP contribution in [0, 0.1) is 0 Å². The molecule has 0 saturated carbocycles. The zero-order chi connectivity index (χ0) is 12.9. The Morgan fingerprint density at radius 1 is 1.29 bits per heavy atom. The smallest absolute Gasteiger partial charge is 0.218 e. The molecule has 1 rings (SSSR count). The van der Waals surface area contributed by atoms with Crippen molar-refractivity contribution in [2.24, 2.45) is 0 Å². The lowest BCUT2D eigenvalue weighted by Gasteiger charge is -2.20. The Kier molecular flexibility index (Phi) is 5.11. The van der Waals surface area contributed by atoms with E-state index in [-0.39, 0.29) is 6.61 Å². The lowest BCUT2D eigenvalue weighted by molar-refractivity contribution is 0.291. The van der Waals surface area contributed by atoms with Crippen LogP contribution in [0.15, 0.2) is 30.3 Å². The van der Waals surface area contributed by atoms with E-state index in [0.29, 0.717) is 13.0 Å². The number of hydrogen-bond acceptors (Lipinski definition) is 3. The van der Waals surface area contributed by atoms with Gasteiger partial charge in [-0.1, -0.05) is 30.3 Å². The van der Waals surface area contributed by atoms with Crippen LogP contribution in [0.1, 0.15) is 12.5 Å². The first kappa shape index (κ1) is 14.2. The van der Waals surface area contributed by atoms with Crippen LogP contribution in [0.2, 0.25) is 0 Å². The van der Waals surface area contributed by atoms with Gasteiger partial charge in [0.05, 0.1) is 11.9 Å². The van der Waals surface area contributed by atoms with Gasteiger partial charge in [-0.2, -0.15) is 0 Å². The summed E-state index contributed by atoms with van der Waals surface area (Å²) in [5, 5.41) is 8.15. The van der Waals surface area contributed by atoms with Crippen LogP contribution in [0.3, 0.4) is 0 Å². The Morgan fingerprint density at radius 2 is 1.88 bits per heavy atom. The molecule has 0 fully saturated rings. The number of likely N-dealkylation sites (N-methyl/N-ethyl adjacent to an activating group) is 1. The highest BCUT2D eigenvalue weighted by atomic mass is 32.2. The van der Waals surface area contributed by atoms with Crippen molar-refractivity contribution in [3.8, 4) is 0 Å². The molecule has 1 aromatic rings. The molecule has 17 heavy (non-hydrogen) atoms. The summed E-state index contributed by atoms with van der Waals surface area (Å²) in [7, 11) is -1.83. The van der Waals surface area contributed by atoms with Crippen molar-refractivity contribution in [2.75, 3.05) is 20.2 Å². The van der Waals surface area contributed by atoms with Crippen LogP contribution >= 0.6 is 0 Å². The van der Waals surface area contributed by atoms with Crippen LogP contribution in [-0.4, -0.2) is 43.3 Å². The van der Waals surface area contributed by atoms with Crippen molar-refractivity contribution in [1.29, 1.82) is 0 Å². The van der Waals surface area contributed by atoms with Gasteiger partial charge in [0.25, 0.3) is 0 Å². The van der Waals surface area contributed by atoms with Crippen LogP contribution in [0.4, 0.5) is 0 Å². The van der Waals surface area contributed by atoms with Crippen molar-refractivity contribution in [3.63, 3.8) is 0 Å². The van der Waals surface area contributed by atoms with E-state index in [9.17, 15) is 8.42 Å². The first-order valence-corrected chi connectivity index (χ1v) is 7.08. The second kappa shape index (κ2) is 6.14. The summed E-state index contributed by atoms with van der Waals surface area (Å²) in [6, 6.07) is 9.73. The van der Waals surface area contributed by atoms with E-state index in [2.05, 4.69) is 0 Å². The zero-order valence-corrected chi connectivity index (χ0v) is 11.0. The van der Waals surface area contributed by atoms with Crippen molar-refractivity contribution in [1.82, 2.24) is 4.31 Å². The molecule has 1 aromatic carbocycles. The zero-order valence-electron chi connectivity index (χ0n) is 10.2. The van der Waals surface area contributed by atoms with E-state index in [1.807, 2.05) is 30.3 Å². The quantitative estimate of drug-likeness (QED) is 0.822. The summed E-state index contributed by atoms with van der Waals surface area (Å²) in [6.07, 6.45) is 0.675. The summed E-state index contributed by atoms with van der Waals surface area (Å²) in [4.78, 5) is 0. The average Bonchev–Trinajstić information content (AvgIpc) is 2.35. The highest BCUT2D eigenvalue weighted by Crippen LogP contribution is 2.08. The van der Waals surface area contributed by atoms with Crippen molar-refractivity contribution in [2.45, 2.75) is 18.6 Å². The maximum atomic E-state index is 11.8. The number of sulfonamides is 1. The fourth-order valence-corrected chi connectivity index (χ4v) is 2.61. The van der Waals surface area contributed by atoms with Gasteiger partial charge in [-0.15, -0.1) is 0 Å². The molecule has 0 aliphatic heterocycles. The predicted octanol–water partition coefficient (Wildman–Crippen LogP) is 0.871. The third-order valence-electron chi connectivity index (χ3n) is 2.76. The largest absolute Gasteiger partial charge is 0.395 e. The highest BCUT2D eigenvalue weighted by Gasteiger charge is 2.24. The molecule has 0 aliphatic rings. The molecule has 0 spiro atoms. The van der Waals surface area contributed by atoms with E-state index in [4.69, 9.17) is 5.11 Å². The molecule has 0 amide bonds. The molecule has 96 valence electrons. The second-order valence-corrected chi connectivity index (χ2v) is 6.55. The lowest BCUT2D eigenvalue weighted by atomic mass is 10.2. The predicted molar refractivity (Wildman–Crippen MR) is 68.2 cm³/mol. The topological polar surface area (TPSA) is 57.6 Å². The molecule has 0 saturated heterocycles. The number of aliphatic hydroxyl groups is 1. The second-order valence-electron chi connectivity index (χ2n) is 4.10. The van der Waals surface area contributed by atoms with E-state index >= 15 is 0 Å². The Balaban J connectivity index is 2.59. The summed E-state index contributed by atoms with van der Waals surface area (Å²) in [5.74, 6) is 0. The number of nitrogens with zero attached hydrogens (tertiary/aromatic N) is 1. The number of benzene rings is 1. The lowest BCUT2D eigenvalue weighted by Crippen LogP contribution is -2.37. The van der Waals surface area contributed by atoms with Gasteiger partial charge >= 0.3 is 0 Å². The van der Waals surface area contributed by atoms with Crippen LogP contribution < -0.4 is 0 Å². The molecular formula is C12H19NO3S. The van der Waals surface area contributed by atoms with E-state index < -0.39 is 15.3 Å². The maximum absolute atomic E-state index is 11.8. The van der Waals surface area contributed by atoms with Gasteiger partial charge in [0.15, 0.2) is 0 Å². The summed E-state index contributed by atoms with van der Waals surface area (Å²) in [6.45, 7) is 1.59. The van der Waals surface area contributed by atoms with Crippen LogP contribution in [-0.2, 0) is 16.4 Å². The Labute approximate surface area is 103 Å².